The van der Waals surface area contributed by atoms with E-state index in [0.717, 1.165) is 7.11 Å². The average Bonchev–Trinajstić information content (AvgIpc) is 2.66. The van der Waals surface area contributed by atoms with Gasteiger partial charge < -0.3 is 20.1 Å². The second-order valence-corrected chi connectivity index (χ2v) is 5.56. The molecule has 0 bridgehead atoms. The predicted molar refractivity (Wildman–Crippen MR) is 66.5 cm³/mol. The molecular formula is C12H21FN2O4. The first-order chi connectivity index (χ1) is 8.69. The van der Waals surface area contributed by atoms with Crippen molar-refractivity contribution in [3.05, 3.63) is 0 Å². The van der Waals surface area contributed by atoms with Crippen LogP contribution < -0.4 is 10.6 Å². The maximum atomic E-state index is 14.4. The van der Waals surface area contributed by atoms with E-state index >= 15 is 0 Å². The molecule has 6 nitrogen and oxygen atoms in total. The maximum absolute atomic E-state index is 14.4. The van der Waals surface area contributed by atoms with E-state index in [9.17, 15) is 14.0 Å². The molecule has 0 aromatic carbocycles. The smallest absolute Gasteiger partial charge is 0.407 e. The summed E-state index contributed by atoms with van der Waals surface area (Å²) in [5.41, 5.74) is -2.73. The number of methoxy groups -OCH3 is 1. The summed E-state index contributed by atoms with van der Waals surface area (Å²) in [5, 5.41) is 5.25. The van der Waals surface area contributed by atoms with Gasteiger partial charge in [-0.15, -0.1) is 0 Å². The van der Waals surface area contributed by atoms with Crippen molar-refractivity contribution in [3.63, 3.8) is 0 Å². The molecule has 0 aromatic rings. The largest absolute Gasteiger partial charge is 0.467 e. The van der Waals surface area contributed by atoms with Gasteiger partial charge in [0, 0.05) is 25.6 Å². The Bertz CT molecular complexity index is 356. The van der Waals surface area contributed by atoms with Crippen LogP contribution in [0.3, 0.4) is 0 Å². The zero-order valence-corrected chi connectivity index (χ0v) is 11.7. The fraction of sp³-hybridized carbons (Fsp3) is 0.833. The van der Waals surface area contributed by atoms with Gasteiger partial charge in [0.15, 0.2) is 0 Å². The van der Waals surface area contributed by atoms with Crippen LogP contribution in [0.15, 0.2) is 0 Å². The molecule has 2 atom stereocenters. The highest BCUT2D eigenvalue weighted by atomic mass is 19.1. The van der Waals surface area contributed by atoms with Gasteiger partial charge in [-0.2, -0.15) is 0 Å². The first kappa shape index (κ1) is 15.7. The van der Waals surface area contributed by atoms with Gasteiger partial charge in [-0.25, -0.2) is 14.0 Å². The van der Waals surface area contributed by atoms with Gasteiger partial charge in [-0.05, 0) is 20.8 Å². The lowest BCUT2D eigenvalue weighted by Gasteiger charge is -2.25. The summed E-state index contributed by atoms with van der Waals surface area (Å²) in [6.45, 7) is 5.39. The molecule has 2 unspecified atom stereocenters. The normalized spacial score (nSPS) is 26.9. The number of ether oxygens (including phenoxy) is 2. The molecule has 1 amide bonds. The van der Waals surface area contributed by atoms with Gasteiger partial charge >= 0.3 is 12.1 Å². The SMILES string of the molecule is COC(=O)C1(F)CNCC1CNC(=O)OC(C)(C)C. The number of carbonyl (C=O) groups is 2. The molecule has 110 valence electrons. The molecule has 1 aliphatic heterocycles. The number of hydrogen-bond donors (Lipinski definition) is 2. The van der Waals surface area contributed by atoms with Crippen LogP contribution in [0.5, 0.6) is 0 Å². The minimum absolute atomic E-state index is 0.00745. The Hall–Kier alpha value is -1.37. The molecule has 1 saturated heterocycles. The molecule has 0 saturated carbocycles. The summed E-state index contributed by atoms with van der Waals surface area (Å²) in [6.07, 6.45) is -0.633. The van der Waals surface area contributed by atoms with Gasteiger partial charge in [0.25, 0.3) is 0 Å². The van der Waals surface area contributed by atoms with Gasteiger partial charge in [-0.1, -0.05) is 0 Å². The topological polar surface area (TPSA) is 76.7 Å². The summed E-state index contributed by atoms with van der Waals surface area (Å²) in [5.74, 6) is -1.60. The van der Waals surface area contributed by atoms with Crippen LogP contribution in [0.2, 0.25) is 0 Å². The summed E-state index contributed by atoms with van der Waals surface area (Å²) >= 11 is 0. The monoisotopic (exact) mass is 276 g/mol. The molecule has 19 heavy (non-hydrogen) atoms. The van der Waals surface area contributed by atoms with Crippen LogP contribution in [0.1, 0.15) is 20.8 Å². The van der Waals surface area contributed by atoms with E-state index in [2.05, 4.69) is 15.4 Å². The van der Waals surface area contributed by atoms with Crippen molar-refractivity contribution in [2.75, 3.05) is 26.7 Å². The molecule has 0 spiro atoms. The van der Waals surface area contributed by atoms with E-state index in [1.165, 1.54) is 0 Å². The second kappa shape index (κ2) is 5.73. The molecule has 2 N–H and O–H groups in total. The molecule has 1 fully saturated rings. The van der Waals surface area contributed by atoms with Crippen LogP contribution in [0, 0.1) is 5.92 Å². The third-order valence-electron chi connectivity index (χ3n) is 2.84. The van der Waals surface area contributed by atoms with E-state index in [0.29, 0.717) is 6.54 Å². The van der Waals surface area contributed by atoms with Crippen molar-refractivity contribution in [1.29, 1.82) is 0 Å². The van der Waals surface area contributed by atoms with Gasteiger partial charge in [-0.3, -0.25) is 0 Å². The first-order valence-electron chi connectivity index (χ1n) is 6.14. The van der Waals surface area contributed by atoms with Crippen molar-refractivity contribution in [2.24, 2.45) is 5.92 Å². The number of nitrogens with one attached hydrogen (secondary N) is 2. The molecule has 1 rings (SSSR count). The van der Waals surface area contributed by atoms with E-state index < -0.39 is 29.3 Å². The number of alkyl carbamates (subject to hydrolysis) is 1. The van der Waals surface area contributed by atoms with Crippen LogP contribution in [-0.2, 0) is 14.3 Å². The molecular weight excluding hydrogens is 255 g/mol. The highest BCUT2D eigenvalue weighted by Crippen LogP contribution is 2.27. The zero-order chi connectivity index (χ0) is 14.7. The first-order valence-corrected chi connectivity index (χ1v) is 6.14. The second-order valence-electron chi connectivity index (χ2n) is 5.56. The number of hydrogen-bond acceptors (Lipinski definition) is 5. The number of alkyl halides is 1. The predicted octanol–water partition coefficient (Wildman–Crippen LogP) is 0.612. The fourth-order valence-electron chi connectivity index (χ4n) is 1.90. The Labute approximate surface area is 112 Å². The number of halogens is 1. The Kier molecular flexibility index (Phi) is 4.73. The Balaban J connectivity index is 2.53. The molecule has 7 heteroatoms. The van der Waals surface area contributed by atoms with E-state index in [-0.39, 0.29) is 13.1 Å². The minimum Gasteiger partial charge on any atom is -0.467 e. The summed E-state index contributed by atoms with van der Waals surface area (Å²) in [6, 6.07) is 0. The summed E-state index contributed by atoms with van der Waals surface area (Å²) in [7, 11) is 1.14. The standard InChI is InChI=1S/C12H21FN2O4/c1-11(2,3)19-10(17)15-6-8-5-14-7-12(8,13)9(16)18-4/h8,14H,5-7H2,1-4H3,(H,15,17). The van der Waals surface area contributed by atoms with Gasteiger partial charge in [0.05, 0.1) is 7.11 Å². The van der Waals surface area contributed by atoms with E-state index in [4.69, 9.17) is 4.74 Å². The minimum atomic E-state index is -2.11. The number of amides is 1. The maximum Gasteiger partial charge on any atom is 0.407 e. The number of rotatable bonds is 3. The highest BCUT2D eigenvalue weighted by Gasteiger charge is 2.51. The quantitative estimate of drug-likeness (QED) is 0.739. The Morgan fingerprint density at radius 2 is 2.11 bits per heavy atom. The average molecular weight is 276 g/mol. The van der Waals surface area contributed by atoms with Crippen molar-refractivity contribution >= 4 is 12.1 Å². The number of esters is 1. The molecule has 1 heterocycles. The van der Waals surface area contributed by atoms with E-state index in [1.807, 2.05) is 0 Å². The van der Waals surface area contributed by atoms with Crippen molar-refractivity contribution in [3.8, 4) is 0 Å². The molecule has 1 aliphatic rings. The number of carbonyl (C=O) groups excluding carboxylic acids is 2. The molecule has 0 aromatic heterocycles. The van der Waals surface area contributed by atoms with Gasteiger partial charge in [0.1, 0.15) is 5.60 Å². The third-order valence-corrected chi connectivity index (χ3v) is 2.84. The summed E-state index contributed by atoms with van der Waals surface area (Å²) < 4.78 is 23.9. The Morgan fingerprint density at radius 3 is 2.63 bits per heavy atom. The molecule has 0 radical (unpaired) electrons. The van der Waals surface area contributed by atoms with Crippen molar-refractivity contribution < 1.29 is 23.5 Å². The van der Waals surface area contributed by atoms with Crippen LogP contribution in [0.4, 0.5) is 9.18 Å². The lowest BCUT2D eigenvalue weighted by atomic mass is 9.93. The van der Waals surface area contributed by atoms with E-state index in [1.54, 1.807) is 20.8 Å². The molecule has 0 aliphatic carbocycles. The fourth-order valence-corrected chi connectivity index (χ4v) is 1.90. The zero-order valence-electron chi connectivity index (χ0n) is 11.7. The summed E-state index contributed by atoms with van der Waals surface area (Å²) in [4.78, 5) is 22.9. The van der Waals surface area contributed by atoms with Crippen molar-refractivity contribution in [2.45, 2.75) is 32.0 Å². The van der Waals surface area contributed by atoms with Crippen LogP contribution in [0.25, 0.3) is 0 Å². The van der Waals surface area contributed by atoms with Crippen molar-refractivity contribution in [1.82, 2.24) is 10.6 Å². The van der Waals surface area contributed by atoms with Gasteiger partial charge in [0.2, 0.25) is 5.67 Å². The Morgan fingerprint density at radius 1 is 1.47 bits per heavy atom. The lowest BCUT2D eigenvalue weighted by molar-refractivity contribution is -0.156. The lowest BCUT2D eigenvalue weighted by Crippen LogP contribution is -2.47. The highest BCUT2D eigenvalue weighted by molar-refractivity contribution is 5.81. The van der Waals surface area contributed by atoms with Crippen LogP contribution >= 0.6 is 0 Å². The third kappa shape index (κ3) is 4.05. The van der Waals surface area contributed by atoms with Crippen LogP contribution in [-0.4, -0.2) is 50.1 Å².